The van der Waals surface area contributed by atoms with Crippen LogP contribution in [0, 0.1) is 13.8 Å². The van der Waals surface area contributed by atoms with Crippen molar-refractivity contribution in [2.75, 3.05) is 41.3 Å². The monoisotopic (exact) mass is 388 g/mol. The number of nitrogens with zero attached hydrogens (tertiary/aromatic N) is 5. The molecule has 1 amide bonds. The van der Waals surface area contributed by atoms with E-state index in [1.807, 2.05) is 56.4 Å². The Kier molecular flexibility index (Phi) is 5.37. The van der Waals surface area contributed by atoms with E-state index in [9.17, 15) is 4.79 Å². The van der Waals surface area contributed by atoms with Gasteiger partial charge in [-0.2, -0.15) is 0 Å². The Balaban J connectivity index is 1.42. The topological polar surface area (TPSA) is 74.2 Å². The number of benzene rings is 1. The molecule has 0 bridgehead atoms. The Labute approximate surface area is 170 Å². The van der Waals surface area contributed by atoms with E-state index < -0.39 is 0 Å². The normalized spacial score (nSPS) is 14.0. The van der Waals surface area contributed by atoms with Crippen molar-refractivity contribution in [2.45, 2.75) is 13.8 Å². The van der Waals surface area contributed by atoms with Gasteiger partial charge in [-0.05, 0) is 55.3 Å². The summed E-state index contributed by atoms with van der Waals surface area (Å²) in [6.07, 6.45) is 3.45. The minimum absolute atomic E-state index is 0.232. The molecule has 3 heterocycles. The Morgan fingerprint density at radius 1 is 0.897 bits per heavy atom. The number of aryl methyl sites for hydroxylation is 2. The van der Waals surface area contributed by atoms with Gasteiger partial charge in [0.2, 0.25) is 5.95 Å². The number of piperazine rings is 1. The molecule has 2 aromatic heterocycles. The summed E-state index contributed by atoms with van der Waals surface area (Å²) in [5.74, 6) is 1.33. The molecule has 4 rings (SSSR count). The molecule has 1 saturated heterocycles. The smallest absolute Gasteiger partial charge is 0.274 e. The van der Waals surface area contributed by atoms with E-state index in [0.29, 0.717) is 11.6 Å². The molecule has 29 heavy (non-hydrogen) atoms. The van der Waals surface area contributed by atoms with Crippen molar-refractivity contribution in [3.63, 3.8) is 0 Å². The first-order valence-corrected chi connectivity index (χ1v) is 9.73. The zero-order valence-corrected chi connectivity index (χ0v) is 16.7. The minimum atomic E-state index is -0.232. The fourth-order valence-electron chi connectivity index (χ4n) is 3.32. The van der Waals surface area contributed by atoms with Crippen LogP contribution in [0.4, 0.5) is 17.5 Å². The highest BCUT2D eigenvalue weighted by atomic mass is 16.1. The van der Waals surface area contributed by atoms with E-state index in [1.54, 1.807) is 12.3 Å². The van der Waals surface area contributed by atoms with Crippen LogP contribution in [0.25, 0.3) is 0 Å². The zero-order valence-electron chi connectivity index (χ0n) is 16.7. The highest BCUT2D eigenvalue weighted by molar-refractivity contribution is 6.03. The lowest BCUT2D eigenvalue weighted by Gasteiger charge is -2.35. The molecule has 1 aliphatic rings. The van der Waals surface area contributed by atoms with Crippen LogP contribution < -0.4 is 15.1 Å². The number of pyridine rings is 1. The van der Waals surface area contributed by atoms with Gasteiger partial charge in [0.05, 0.1) is 0 Å². The molecule has 1 aromatic carbocycles. The average molecular weight is 388 g/mol. The molecule has 0 saturated carbocycles. The van der Waals surface area contributed by atoms with Gasteiger partial charge < -0.3 is 15.1 Å². The van der Waals surface area contributed by atoms with Crippen LogP contribution in [-0.4, -0.2) is 47.0 Å². The van der Waals surface area contributed by atoms with E-state index in [-0.39, 0.29) is 5.91 Å². The first-order valence-electron chi connectivity index (χ1n) is 9.73. The Morgan fingerprint density at radius 2 is 1.69 bits per heavy atom. The van der Waals surface area contributed by atoms with Gasteiger partial charge in [-0.15, -0.1) is 0 Å². The molecule has 1 N–H and O–H groups in total. The van der Waals surface area contributed by atoms with Crippen molar-refractivity contribution in [1.29, 1.82) is 0 Å². The second-order valence-electron chi connectivity index (χ2n) is 7.16. The molecule has 0 unspecified atom stereocenters. The Morgan fingerprint density at radius 3 is 2.41 bits per heavy atom. The van der Waals surface area contributed by atoms with E-state index in [0.717, 1.165) is 43.2 Å². The van der Waals surface area contributed by atoms with Crippen molar-refractivity contribution >= 4 is 23.4 Å². The molecular formula is C22H24N6O. The Hall–Kier alpha value is -3.48. The maximum atomic E-state index is 12.6. The fraction of sp³-hybridized carbons (Fsp3) is 0.273. The third-order valence-corrected chi connectivity index (χ3v) is 5.18. The van der Waals surface area contributed by atoms with Gasteiger partial charge in [-0.1, -0.05) is 12.1 Å². The van der Waals surface area contributed by atoms with Crippen LogP contribution in [0.5, 0.6) is 0 Å². The fourth-order valence-corrected chi connectivity index (χ4v) is 3.32. The molecule has 0 atom stereocenters. The quantitative estimate of drug-likeness (QED) is 0.740. The number of hydrogen-bond acceptors (Lipinski definition) is 6. The highest BCUT2D eigenvalue weighted by Gasteiger charge is 2.21. The number of anilines is 3. The number of rotatable bonds is 4. The second kappa shape index (κ2) is 8.26. The van der Waals surface area contributed by atoms with Crippen LogP contribution in [0.15, 0.2) is 54.9 Å². The van der Waals surface area contributed by atoms with Gasteiger partial charge in [-0.3, -0.25) is 4.79 Å². The summed E-state index contributed by atoms with van der Waals surface area (Å²) in [5, 5.41) is 2.92. The van der Waals surface area contributed by atoms with Crippen molar-refractivity contribution in [3.05, 3.63) is 71.7 Å². The summed E-state index contributed by atoms with van der Waals surface area (Å²) in [5.41, 5.74) is 3.46. The minimum Gasteiger partial charge on any atom is -0.353 e. The SMILES string of the molecule is Cc1ccc(NC(=O)c2ccnc(N3CCN(c4ccccn4)CC3)n2)cc1C. The first-order chi connectivity index (χ1) is 14.1. The van der Waals surface area contributed by atoms with Crippen molar-refractivity contribution in [3.8, 4) is 0 Å². The van der Waals surface area contributed by atoms with Gasteiger partial charge in [-0.25, -0.2) is 15.0 Å². The van der Waals surface area contributed by atoms with Gasteiger partial charge in [0.15, 0.2) is 0 Å². The van der Waals surface area contributed by atoms with Crippen LogP contribution >= 0.6 is 0 Å². The third kappa shape index (κ3) is 4.34. The maximum absolute atomic E-state index is 12.6. The summed E-state index contributed by atoms with van der Waals surface area (Å²) in [7, 11) is 0. The van der Waals surface area contributed by atoms with Crippen LogP contribution in [0.2, 0.25) is 0 Å². The first kappa shape index (κ1) is 18.9. The molecule has 7 nitrogen and oxygen atoms in total. The maximum Gasteiger partial charge on any atom is 0.274 e. The van der Waals surface area contributed by atoms with Crippen LogP contribution in [0.1, 0.15) is 21.6 Å². The van der Waals surface area contributed by atoms with Crippen LogP contribution in [0.3, 0.4) is 0 Å². The number of aromatic nitrogens is 3. The van der Waals surface area contributed by atoms with E-state index in [4.69, 9.17) is 0 Å². The molecule has 0 spiro atoms. The molecule has 0 aliphatic carbocycles. The van der Waals surface area contributed by atoms with Gasteiger partial charge in [0.25, 0.3) is 5.91 Å². The van der Waals surface area contributed by atoms with Gasteiger partial charge in [0, 0.05) is 44.3 Å². The number of hydrogen-bond donors (Lipinski definition) is 1. The molecule has 148 valence electrons. The molecular weight excluding hydrogens is 364 g/mol. The average Bonchev–Trinajstić information content (AvgIpc) is 2.77. The summed E-state index contributed by atoms with van der Waals surface area (Å²) in [4.78, 5) is 30.3. The zero-order chi connectivity index (χ0) is 20.2. The predicted octanol–water partition coefficient (Wildman–Crippen LogP) is 3.07. The van der Waals surface area contributed by atoms with Crippen molar-refractivity contribution in [2.24, 2.45) is 0 Å². The lowest BCUT2D eigenvalue weighted by atomic mass is 10.1. The summed E-state index contributed by atoms with van der Waals surface area (Å²) in [6.45, 7) is 7.29. The number of carbonyl (C=O) groups is 1. The Bertz CT molecular complexity index is 999. The van der Waals surface area contributed by atoms with Crippen molar-refractivity contribution in [1.82, 2.24) is 15.0 Å². The molecule has 0 radical (unpaired) electrons. The molecule has 1 aliphatic heterocycles. The van der Waals surface area contributed by atoms with Crippen molar-refractivity contribution < 1.29 is 4.79 Å². The van der Waals surface area contributed by atoms with E-state index >= 15 is 0 Å². The molecule has 3 aromatic rings. The highest BCUT2D eigenvalue weighted by Crippen LogP contribution is 2.18. The van der Waals surface area contributed by atoms with Gasteiger partial charge in [0.1, 0.15) is 11.5 Å². The summed E-state index contributed by atoms with van der Waals surface area (Å²) < 4.78 is 0. The summed E-state index contributed by atoms with van der Waals surface area (Å²) in [6, 6.07) is 13.4. The lowest BCUT2D eigenvalue weighted by Crippen LogP contribution is -2.47. The number of nitrogens with one attached hydrogen (secondary N) is 1. The summed E-state index contributed by atoms with van der Waals surface area (Å²) >= 11 is 0. The second-order valence-corrected chi connectivity index (χ2v) is 7.16. The largest absolute Gasteiger partial charge is 0.353 e. The van der Waals surface area contributed by atoms with Gasteiger partial charge >= 0.3 is 0 Å². The van der Waals surface area contributed by atoms with Crippen LogP contribution in [-0.2, 0) is 0 Å². The van der Waals surface area contributed by atoms with E-state index in [1.165, 1.54) is 5.56 Å². The lowest BCUT2D eigenvalue weighted by molar-refractivity contribution is 0.102. The number of carbonyl (C=O) groups excluding carboxylic acids is 1. The molecule has 7 heteroatoms. The molecule has 1 fully saturated rings. The predicted molar refractivity (Wildman–Crippen MR) is 115 cm³/mol. The standard InChI is InChI=1S/C22H24N6O/c1-16-6-7-18(15-17(16)2)25-21(29)19-8-10-24-22(26-19)28-13-11-27(12-14-28)20-5-3-4-9-23-20/h3-10,15H,11-14H2,1-2H3,(H,25,29). The van der Waals surface area contributed by atoms with E-state index in [2.05, 4.69) is 30.1 Å². The number of amides is 1. The third-order valence-electron chi connectivity index (χ3n) is 5.18.